The summed E-state index contributed by atoms with van der Waals surface area (Å²) in [6, 6.07) is 15.6. The Kier molecular flexibility index (Phi) is 5.40. The molecule has 1 atom stereocenters. The minimum absolute atomic E-state index is 0.0538. The second kappa shape index (κ2) is 8.12. The van der Waals surface area contributed by atoms with Crippen molar-refractivity contribution in [3.05, 3.63) is 70.3 Å². The van der Waals surface area contributed by atoms with Gasteiger partial charge in [0.05, 0.1) is 16.2 Å². The quantitative estimate of drug-likeness (QED) is 0.439. The molecule has 4 rings (SSSR count). The molecule has 0 radical (unpaired) electrons. The van der Waals surface area contributed by atoms with Crippen LogP contribution >= 0.6 is 23.1 Å². The van der Waals surface area contributed by atoms with Gasteiger partial charge in [0.25, 0.3) is 5.56 Å². The zero-order valence-electron chi connectivity index (χ0n) is 15.5. The van der Waals surface area contributed by atoms with Gasteiger partial charge in [0.15, 0.2) is 4.34 Å². The molecule has 0 aliphatic carbocycles. The van der Waals surface area contributed by atoms with Crippen molar-refractivity contribution in [2.75, 3.05) is 5.32 Å². The number of aromatic amines is 1. The molecule has 0 unspecified atom stereocenters. The van der Waals surface area contributed by atoms with Crippen molar-refractivity contribution in [2.45, 2.75) is 29.9 Å². The Morgan fingerprint density at radius 1 is 1.14 bits per heavy atom. The maximum Gasteiger partial charge on any atom is 0.258 e. The monoisotopic (exact) mass is 409 g/mol. The van der Waals surface area contributed by atoms with Gasteiger partial charge in [-0.25, -0.2) is 4.98 Å². The third-order valence-electron chi connectivity index (χ3n) is 4.31. The second-order valence-corrected chi connectivity index (χ2v) is 8.84. The number of aromatic nitrogens is 4. The predicted octanol–water partition coefficient (Wildman–Crippen LogP) is 4.93. The smallest absolute Gasteiger partial charge is 0.258 e. The van der Waals surface area contributed by atoms with Crippen molar-refractivity contribution in [2.24, 2.45) is 0 Å². The van der Waals surface area contributed by atoms with E-state index in [0.29, 0.717) is 16.7 Å². The lowest BCUT2D eigenvalue weighted by Gasteiger charge is -2.08. The van der Waals surface area contributed by atoms with Crippen molar-refractivity contribution < 1.29 is 0 Å². The summed E-state index contributed by atoms with van der Waals surface area (Å²) in [7, 11) is 0. The first-order chi connectivity index (χ1) is 13.6. The molecule has 0 saturated carbocycles. The van der Waals surface area contributed by atoms with E-state index in [2.05, 4.69) is 44.5 Å². The Bertz CT molecular complexity index is 1150. The number of fused-ring (bicyclic) bond motifs is 1. The van der Waals surface area contributed by atoms with E-state index in [4.69, 9.17) is 0 Å². The minimum Gasteiger partial charge on any atom is -0.330 e. The van der Waals surface area contributed by atoms with Crippen LogP contribution in [0.25, 0.3) is 10.9 Å². The van der Waals surface area contributed by atoms with Gasteiger partial charge in [-0.15, -0.1) is 10.2 Å². The lowest BCUT2D eigenvalue weighted by Crippen LogP contribution is -2.12. The average Bonchev–Trinajstić information content (AvgIpc) is 3.15. The molecule has 2 aromatic heterocycles. The largest absolute Gasteiger partial charge is 0.330 e. The highest BCUT2D eigenvalue weighted by Crippen LogP contribution is 2.36. The third kappa shape index (κ3) is 4.07. The zero-order chi connectivity index (χ0) is 19.5. The molecule has 0 saturated heterocycles. The molecule has 28 heavy (non-hydrogen) atoms. The molecular weight excluding hydrogens is 390 g/mol. The maximum atomic E-state index is 12.3. The van der Waals surface area contributed by atoms with Gasteiger partial charge in [-0.2, -0.15) is 0 Å². The number of aryl methyl sites for hydroxylation is 1. The van der Waals surface area contributed by atoms with E-state index in [9.17, 15) is 4.79 Å². The van der Waals surface area contributed by atoms with E-state index in [1.807, 2.05) is 37.3 Å². The number of para-hydroxylation sites is 1. The molecule has 0 aliphatic heterocycles. The van der Waals surface area contributed by atoms with Crippen molar-refractivity contribution in [1.29, 1.82) is 0 Å². The van der Waals surface area contributed by atoms with Crippen LogP contribution in [0, 0.1) is 0 Å². The van der Waals surface area contributed by atoms with Crippen molar-refractivity contribution in [3.8, 4) is 0 Å². The molecular formula is C20H19N5OS2. The Morgan fingerprint density at radius 2 is 1.93 bits per heavy atom. The van der Waals surface area contributed by atoms with Crippen LogP contribution in [0.15, 0.2) is 57.7 Å². The van der Waals surface area contributed by atoms with Crippen LogP contribution in [0.5, 0.6) is 0 Å². The molecule has 0 amide bonds. The highest BCUT2D eigenvalue weighted by molar-refractivity contribution is 8.01. The number of nitrogens with zero attached hydrogens (tertiary/aromatic N) is 3. The number of hydrogen-bond acceptors (Lipinski definition) is 7. The molecule has 142 valence electrons. The molecule has 0 bridgehead atoms. The summed E-state index contributed by atoms with van der Waals surface area (Å²) in [5.74, 6) is 0.633. The number of hydrogen-bond donors (Lipinski definition) is 2. The van der Waals surface area contributed by atoms with Crippen molar-refractivity contribution >= 4 is 44.8 Å². The van der Waals surface area contributed by atoms with Crippen LogP contribution in [0.1, 0.15) is 30.5 Å². The molecule has 8 heteroatoms. The highest BCUT2D eigenvalue weighted by atomic mass is 32.2. The van der Waals surface area contributed by atoms with Gasteiger partial charge in [0.2, 0.25) is 5.13 Å². The molecule has 0 fully saturated rings. The van der Waals surface area contributed by atoms with Crippen LogP contribution in [0.2, 0.25) is 0 Å². The molecule has 6 nitrogen and oxygen atoms in total. The number of rotatable bonds is 6. The van der Waals surface area contributed by atoms with Crippen LogP contribution in [0.3, 0.4) is 0 Å². The summed E-state index contributed by atoms with van der Waals surface area (Å²) in [6.45, 7) is 4.13. The SMILES string of the molecule is CCc1ccc(Nc2nnc(S[C@H](C)c3nc4ccccc4c(=O)[nH]3)s2)cc1. The van der Waals surface area contributed by atoms with E-state index in [-0.39, 0.29) is 10.8 Å². The Hall–Kier alpha value is -2.71. The number of anilines is 2. The molecule has 2 N–H and O–H groups in total. The number of nitrogens with one attached hydrogen (secondary N) is 2. The van der Waals surface area contributed by atoms with Gasteiger partial charge < -0.3 is 10.3 Å². The first-order valence-corrected chi connectivity index (χ1v) is 10.7. The Labute approximate surface area is 170 Å². The lowest BCUT2D eigenvalue weighted by molar-refractivity contribution is 0.916. The Morgan fingerprint density at radius 3 is 2.71 bits per heavy atom. The third-order valence-corrected chi connectivity index (χ3v) is 6.35. The number of H-pyrrole nitrogens is 1. The Balaban J connectivity index is 1.48. The fraction of sp³-hybridized carbons (Fsp3) is 0.200. The highest BCUT2D eigenvalue weighted by Gasteiger charge is 2.15. The summed E-state index contributed by atoms with van der Waals surface area (Å²) >= 11 is 3.00. The topological polar surface area (TPSA) is 83.6 Å². The van der Waals surface area contributed by atoms with Crippen LogP contribution < -0.4 is 10.9 Å². The van der Waals surface area contributed by atoms with Gasteiger partial charge in [-0.3, -0.25) is 4.79 Å². The van der Waals surface area contributed by atoms with Crippen molar-refractivity contribution in [1.82, 2.24) is 20.2 Å². The van der Waals surface area contributed by atoms with Crippen LogP contribution in [-0.4, -0.2) is 20.2 Å². The van der Waals surface area contributed by atoms with E-state index in [1.54, 1.807) is 6.07 Å². The molecule has 2 heterocycles. The van der Waals surface area contributed by atoms with Gasteiger partial charge >= 0.3 is 0 Å². The summed E-state index contributed by atoms with van der Waals surface area (Å²) in [6.07, 6.45) is 1.02. The summed E-state index contributed by atoms with van der Waals surface area (Å²) < 4.78 is 0.816. The fourth-order valence-electron chi connectivity index (χ4n) is 2.76. The summed E-state index contributed by atoms with van der Waals surface area (Å²) in [4.78, 5) is 19.7. The van der Waals surface area contributed by atoms with E-state index in [0.717, 1.165) is 21.6 Å². The first kappa shape index (κ1) is 18.6. The van der Waals surface area contributed by atoms with Crippen LogP contribution in [-0.2, 0) is 6.42 Å². The summed E-state index contributed by atoms with van der Waals surface area (Å²) in [5.41, 5.74) is 2.86. The molecule has 0 aliphatic rings. The minimum atomic E-state index is -0.122. The average molecular weight is 410 g/mol. The fourth-order valence-corrected chi connectivity index (χ4v) is 4.73. The maximum absolute atomic E-state index is 12.3. The molecule has 2 aromatic carbocycles. The van der Waals surface area contributed by atoms with Gasteiger partial charge in [0, 0.05) is 5.69 Å². The van der Waals surface area contributed by atoms with Gasteiger partial charge in [0.1, 0.15) is 5.82 Å². The van der Waals surface area contributed by atoms with Gasteiger partial charge in [-0.1, -0.05) is 54.3 Å². The zero-order valence-corrected chi connectivity index (χ0v) is 17.1. The molecule has 4 aromatic rings. The molecule has 0 spiro atoms. The summed E-state index contributed by atoms with van der Waals surface area (Å²) in [5, 5.41) is 13.0. The lowest BCUT2D eigenvalue weighted by atomic mass is 10.1. The number of thioether (sulfide) groups is 1. The normalized spacial score (nSPS) is 12.2. The van der Waals surface area contributed by atoms with Crippen molar-refractivity contribution in [3.63, 3.8) is 0 Å². The van der Waals surface area contributed by atoms with Gasteiger partial charge in [-0.05, 0) is 43.2 Å². The number of benzene rings is 2. The predicted molar refractivity (Wildman–Crippen MR) is 116 cm³/mol. The van der Waals surface area contributed by atoms with E-state index < -0.39 is 0 Å². The standard InChI is InChI=1S/C20H19N5OS2/c1-3-13-8-10-14(11-9-13)21-19-24-25-20(28-19)27-12(2)17-22-16-7-5-4-6-15(16)18(26)23-17/h4-12H,3H2,1-2H3,(H,21,24)(H,22,23,26)/t12-/m1/s1. The second-order valence-electron chi connectivity index (χ2n) is 6.28. The van der Waals surface area contributed by atoms with Crippen LogP contribution in [0.4, 0.5) is 10.8 Å². The van der Waals surface area contributed by atoms with E-state index >= 15 is 0 Å². The first-order valence-electron chi connectivity index (χ1n) is 8.97. The van der Waals surface area contributed by atoms with E-state index in [1.165, 1.54) is 28.7 Å².